The van der Waals surface area contributed by atoms with Gasteiger partial charge in [-0.1, -0.05) is 0 Å². The van der Waals surface area contributed by atoms with Gasteiger partial charge in [0.25, 0.3) is 0 Å². The molecule has 0 saturated carbocycles. The number of nitrogens with one attached hydrogen (secondary N) is 1. The summed E-state index contributed by atoms with van der Waals surface area (Å²) in [5, 5.41) is 9.01. The van der Waals surface area contributed by atoms with Crippen LogP contribution in [0.25, 0.3) is 0 Å². The molecule has 1 atom stereocenters. The summed E-state index contributed by atoms with van der Waals surface area (Å²) < 4.78 is 0. The summed E-state index contributed by atoms with van der Waals surface area (Å²) in [5.41, 5.74) is 1.92. The Labute approximate surface area is 54.4 Å². The highest BCUT2D eigenvalue weighted by Crippen LogP contribution is 2.05. The van der Waals surface area contributed by atoms with Crippen molar-refractivity contribution in [3.05, 3.63) is 0 Å². The fourth-order valence-electron chi connectivity index (χ4n) is 0.464. The molecule has 0 unspecified atom stereocenters. The van der Waals surface area contributed by atoms with Gasteiger partial charge in [-0.3, -0.25) is 4.84 Å². The Morgan fingerprint density at radius 2 is 2.38 bits per heavy atom. The van der Waals surface area contributed by atoms with Crippen molar-refractivity contribution >= 4 is 12.4 Å². The van der Waals surface area contributed by atoms with E-state index >= 15 is 0 Å². The molecule has 2 N–H and O–H groups in total. The monoisotopic (exact) mass is 139 g/mol. The van der Waals surface area contributed by atoms with Crippen LogP contribution in [0.3, 0.4) is 0 Å². The highest BCUT2D eigenvalue weighted by atomic mass is 35.5. The first kappa shape index (κ1) is 8.17. The zero-order valence-corrected chi connectivity index (χ0v) is 5.49. The Balaban J connectivity index is 0.000000490. The zero-order chi connectivity index (χ0) is 5.33. The molecular formula is C4H10ClNO2. The molecule has 0 amide bonds. The maximum Gasteiger partial charge on any atom is 0.102 e. The Bertz CT molecular complexity index is 68.4. The first-order chi connectivity index (χ1) is 3.21. The number of hydrogen-bond acceptors (Lipinski definition) is 3. The third kappa shape index (κ3) is 1.96. The molecule has 0 bridgehead atoms. The van der Waals surface area contributed by atoms with Crippen molar-refractivity contribution in [2.24, 2.45) is 0 Å². The minimum Gasteiger partial charge on any atom is -0.386 e. The number of β-amino-alcohol motifs (C(OH)–C–C–N with tert-alkyl or cyclic N) is 1. The summed E-state index contributed by atoms with van der Waals surface area (Å²) in [6.45, 7) is 2.66. The quantitative estimate of drug-likeness (QED) is 0.484. The molecule has 0 aromatic carbocycles. The first-order valence-corrected chi connectivity index (χ1v) is 2.28. The lowest BCUT2D eigenvalue weighted by Gasteiger charge is -2.08. The predicted molar refractivity (Wildman–Crippen MR) is 31.8 cm³/mol. The molecule has 1 aliphatic rings. The third-order valence-corrected chi connectivity index (χ3v) is 0.938. The van der Waals surface area contributed by atoms with Gasteiger partial charge >= 0.3 is 0 Å². The average molecular weight is 140 g/mol. The van der Waals surface area contributed by atoms with E-state index in [0.29, 0.717) is 13.2 Å². The van der Waals surface area contributed by atoms with E-state index in [2.05, 4.69) is 10.3 Å². The van der Waals surface area contributed by atoms with Gasteiger partial charge in [0, 0.05) is 0 Å². The maximum atomic E-state index is 9.01. The van der Waals surface area contributed by atoms with Crippen LogP contribution in [0, 0.1) is 0 Å². The average Bonchev–Trinajstić information content (AvgIpc) is 1.84. The van der Waals surface area contributed by atoms with Crippen molar-refractivity contribution in [3.8, 4) is 0 Å². The second kappa shape index (κ2) is 2.64. The third-order valence-electron chi connectivity index (χ3n) is 0.938. The Kier molecular flexibility index (Phi) is 2.70. The second-order valence-corrected chi connectivity index (χ2v) is 2.11. The highest BCUT2D eigenvalue weighted by molar-refractivity contribution is 5.85. The molecule has 1 rings (SSSR count). The number of aliphatic hydroxyl groups is 1. The molecule has 0 spiro atoms. The molecule has 0 radical (unpaired) electrons. The van der Waals surface area contributed by atoms with E-state index in [1.54, 1.807) is 6.92 Å². The Morgan fingerprint density at radius 1 is 1.75 bits per heavy atom. The van der Waals surface area contributed by atoms with Gasteiger partial charge in [-0.2, -0.15) is 5.48 Å². The first-order valence-electron chi connectivity index (χ1n) is 2.28. The minimum atomic E-state index is -0.639. The van der Waals surface area contributed by atoms with Gasteiger partial charge in [0.1, 0.15) is 5.60 Å². The second-order valence-electron chi connectivity index (χ2n) is 2.11. The minimum absolute atomic E-state index is 0. The number of hydrogen-bond donors (Lipinski definition) is 2. The standard InChI is InChI=1S/C4H9NO2.ClH/c1-4(6)2-5-7-3-4;/h5-6H,2-3H2,1H3;1H/t4-;/m1./s1. The normalized spacial score (nSPS) is 36.8. The van der Waals surface area contributed by atoms with Crippen LogP contribution >= 0.6 is 12.4 Å². The van der Waals surface area contributed by atoms with E-state index in [1.165, 1.54) is 0 Å². The van der Waals surface area contributed by atoms with Crippen molar-refractivity contribution in [1.29, 1.82) is 0 Å². The van der Waals surface area contributed by atoms with Crippen molar-refractivity contribution in [1.82, 2.24) is 5.48 Å². The van der Waals surface area contributed by atoms with Crippen LogP contribution in [0.15, 0.2) is 0 Å². The predicted octanol–water partition coefficient (Wildman–Crippen LogP) is -0.306. The largest absolute Gasteiger partial charge is 0.386 e. The van der Waals surface area contributed by atoms with Crippen molar-refractivity contribution in [2.75, 3.05) is 13.2 Å². The SMILES string of the molecule is C[C@@]1(O)CNOC1.Cl. The molecule has 1 saturated heterocycles. The summed E-state index contributed by atoms with van der Waals surface area (Å²) >= 11 is 0. The fourth-order valence-corrected chi connectivity index (χ4v) is 0.464. The van der Waals surface area contributed by atoms with Gasteiger partial charge in [0.15, 0.2) is 0 Å². The lowest BCUT2D eigenvalue weighted by atomic mass is 10.1. The number of rotatable bonds is 0. The molecular weight excluding hydrogens is 130 g/mol. The summed E-state index contributed by atoms with van der Waals surface area (Å²) in [5.74, 6) is 0. The van der Waals surface area contributed by atoms with Gasteiger partial charge in [0.05, 0.1) is 13.2 Å². The summed E-state index contributed by atoms with van der Waals surface area (Å²) in [6.07, 6.45) is 0. The Morgan fingerprint density at radius 3 is 2.50 bits per heavy atom. The van der Waals surface area contributed by atoms with Crippen LogP contribution in [0.5, 0.6) is 0 Å². The van der Waals surface area contributed by atoms with Crippen LogP contribution in [0.2, 0.25) is 0 Å². The van der Waals surface area contributed by atoms with Crippen LogP contribution < -0.4 is 5.48 Å². The lowest BCUT2D eigenvalue weighted by molar-refractivity contribution is 0.0343. The van der Waals surface area contributed by atoms with Crippen molar-refractivity contribution in [3.63, 3.8) is 0 Å². The molecule has 8 heavy (non-hydrogen) atoms. The summed E-state index contributed by atoms with van der Waals surface area (Å²) in [6, 6.07) is 0. The molecule has 1 aliphatic heterocycles. The van der Waals surface area contributed by atoms with E-state index in [9.17, 15) is 0 Å². The van der Waals surface area contributed by atoms with Crippen molar-refractivity contribution < 1.29 is 9.94 Å². The highest BCUT2D eigenvalue weighted by Gasteiger charge is 2.25. The van der Waals surface area contributed by atoms with Crippen molar-refractivity contribution in [2.45, 2.75) is 12.5 Å². The van der Waals surface area contributed by atoms with E-state index in [1.807, 2.05) is 0 Å². The molecule has 1 fully saturated rings. The van der Waals surface area contributed by atoms with Gasteiger partial charge in [-0.05, 0) is 6.92 Å². The van der Waals surface area contributed by atoms with Crippen LogP contribution in [0.4, 0.5) is 0 Å². The van der Waals surface area contributed by atoms with Crippen LogP contribution in [-0.4, -0.2) is 23.9 Å². The van der Waals surface area contributed by atoms with E-state index in [-0.39, 0.29) is 12.4 Å². The Hall–Kier alpha value is 0.170. The molecule has 1 heterocycles. The zero-order valence-electron chi connectivity index (χ0n) is 4.68. The molecule has 0 aromatic rings. The van der Waals surface area contributed by atoms with Crippen LogP contribution in [-0.2, 0) is 4.84 Å². The van der Waals surface area contributed by atoms with Gasteiger partial charge in [-0.15, -0.1) is 12.4 Å². The molecule has 4 heteroatoms. The summed E-state index contributed by atoms with van der Waals surface area (Å²) in [4.78, 5) is 4.66. The van der Waals surface area contributed by atoms with E-state index in [0.717, 1.165) is 0 Å². The topological polar surface area (TPSA) is 41.5 Å². The smallest absolute Gasteiger partial charge is 0.102 e. The maximum absolute atomic E-state index is 9.01. The lowest BCUT2D eigenvalue weighted by Crippen LogP contribution is -2.29. The molecule has 0 aliphatic carbocycles. The van der Waals surface area contributed by atoms with Gasteiger partial charge in [0.2, 0.25) is 0 Å². The number of halogens is 1. The fraction of sp³-hybridized carbons (Fsp3) is 1.00. The number of hydroxylamine groups is 1. The van der Waals surface area contributed by atoms with E-state index < -0.39 is 5.60 Å². The molecule has 0 aromatic heterocycles. The molecule has 50 valence electrons. The van der Waals surface area contributed by atoms with Crippen LogP contribution in [0.1, 0.15) is 6.92 Å². The summed E-state index contributed by atoms with van der Waals surface area (Å²) in [7, 11) is 0. The molecule has 3 nitrogen and oxygen atoms in total. The van der Waals surface area contributed by atoms with Gasteiger partial charge in [-0.25, -0.2) is 0 Å². The van der Waals surface area contributed by atoms with Gasteiger partial charge < -0.3 is 5.11 Å². The van der Waals surface area contributed by atoms with E-state index in [4.69, 9.17) is 5.11 Å².